The van der Waals surface area contributed by atoms with Crippen molar-refractivity contribution in [1.82, 2.24) is 15.1 Å². The van der Waals surface area contributed by atoms with Gasteiger partial charge in [-0.3, -0.25) is 19.3 Å². The monoisotopic (exact) mass is 377 g/mol. The van der Waals surface area contributed by atoms with Crippen molar-refractivity contribution >= 4 is 17.8 Å². The molecule has 2 rings (SSSR count). The van der Waals surface area contributed by atoms with Gasteiger partial charge in [0.15, 0.2) is 0 Å². The van der Waals surface area contributed by atoms with Crippen LogP contribution in [-0.4, -0.2) is 73.5 Å². The maximum Gasteiger partial charge on any atom is 0.302 e. The minimum Gasteiger partial charge on any atom is -0.497 e. The normalized spacial score (nSPS) is 17.3. The molecule has 0 saturated carbocycles. The Bertz CT molecular complexity index is 662. The van der Waals surface area contributed by atoms with Gasteiger partial charge in [0.1, 0.15) is 12.4 Å². The number of nitrogens with zero attached hydrogens (tertiary/aromatic N) is 2. The van der Waals surface area contributed by atoms with Gasteiger partial charge in [0.05, 0.1) is 19.7 Å². The number of nitrogens with one attached hydrogen (secondary N) is 1. The zero-order valence-electron chi connectivity index (χ0n) is 16.1. The van der Waals surface area contributed by atoms with Crippen LogP contribution in [0.25, 0.3) is 0 Å². The van der Waals surface area contributed by atoms with E-state index in [9.17, 15) is 14.4 Å². The standard InChI is InChI=1S/C19H27N3O5/c1-14(23)21-8-9-22(17(11-21)13-27-15(2)24)12-19(25)20-10-16-4-6-18(26-3)7-5-16/h4-7,17H,8-13H2,1-3H3,(H,20,25). The first kappa shape index (κ1) is 20.7. The van der Waals surface area contributed by atoms with E-state index in [1.807, 2.05) is 29.2 Å². The fourth-order valence-corrected chi connectivity index (χ4v) is 2.94. The number of carbonyl (C=O) groups is 3. The van der Waals surface area contributed by atoms with E-state index < -0.39 is 0 Å². The molecule has 0 bridgehead atoms. The van der Waals surface area contributed by atoms with Gasteiger partial charge in [-0.2, -0.15) is 0 Å². The number of ether oxygens (including phenoxy) is 2. The van der Waals surface area contributed by atoms with Crippen LogP contribution in [0.15, 0.2) is 24.3 Å². The topological polar surface area (TPSA) is 88.2 Å². The number of benzene rings is 1. The maximum absolute atomic E-state index is 12.3. The van der Waals surface area contributed by atoms with Crippen molar-refractivity contribution in [3.8, 4) is 5.75 Å². The van der Waals surface area contributed by atoms with Crippen LogP contribution in [0.3, 0.4) is 0 Å². The van der Waals surface area contributed by atoms with Crippen LogP contribution in [0.2, 0.25) is 0 Å². The second kappa shape index (κ2) is 9.91. The highest BCUT2D eigenvalue weighted by atomic mass is 16.5. The number of rotatable bonds is 7. The predicted octanol–water partition coefficient (Wildman–Crippen LogP) is 0.407. The molecule has 1 aliphatic heterocycles. The van der Waals surface area contributed by atoms with Crippen molar-refractivity contribution in [1.29, 1.82) is 0 Å². The SMILES string of the molecule is COc1ccc(CNC(=O)CN2CCN(C(C)=O)CC2COC(C)=O)cc1. The van der Waals surface area contributed by atoms with Gasteiger partial charge < -0.3 is 19.7 Å². The highest BCUT2D eigenvalue weighted by Gasteiger charge is 2.30. The third kappa shape index (κ3) is 6.56. The van der Waals surface area contributed by atoms with E-state index in [1.165, 1.54) is 13.8 Å². The molecular weight excluding hydrogens is 350 g/mol. The molecule has 0 spiro atoms. The lowest BCUT2D eigenvalue weighted by atomic mass is 10.1. The van der Waals surface area contributed by atoms with Gasteiger partial charge in [0.25, 0.3) is 0 Å². The molecule has 0 aromatic heterocycles. The Morgan fingerprint density at radius 2 is 1.85 bits per heavy atom. The third-order valence-electron chi connectivity index (χ3n) is 4.52. The van der Waals surface area contributed by atoms with Crippen molar-refractivity contribution in [2.75, 3.05) is 39.9 Å². The first-order valence-corrected chi connectivity index (χ1v) is 8.91. The van der Waals surface area contributed by atoms with Crippen molar-refractivity contribution in [3.63, 3.8) is 0 Å². The van der Waals surface area contributed by atoms with E-state index in [-0.39, 0.29) is 37.0 Å². The van der Waals surface area contributed by atoms with Gasteiger partial charge in [-0.15, -0.1) is 0 Å². The highest BCUT2D eigenvalue weighted by Crippen LogP contribution is 2.12. The minimum atomic E-state index is -0.376. The molecule has 1 atom stereocenters. The van der Waals surface area contributed by atoms with Crippen LogP contribution in [0, 0.1) is 0 Å². The molecule has 1 heterocycles. The highest BCUT2D eigenvalue weighted by molar-refractivity contribution is 5.78. The summed E-state index contributed by atoms with van der Waals surface area (Å²) in [4.78, 5) is 38.8. The van der Waals surface area contributed by atoms with Crippen LogP contribution >= 0.6 is 0 Å². The first-order valence-electron chi connectivity index (χ1n) is 8.91. The van der Waals surface area contributed by atoms with Gasteiger partial charge in [0, 0.05) is 40.0 Å². The number of carbonyl (C=O) groups excluding carboxylic acids is 3. The molecule has 0 radical (unpaired) electrons. The predicted molar refractivity (Wildman–Crippen MR) is 99.1 cm³/mol. The Balaban J connectivity index is 1.88. The van der Waals surface area contributed by atoms with Gasteiger partial charge in [-0.1, -0.05) is 12.1 Å². The summed E-state index contributed by atoms with van der Waals surface area (Å²) in [5.74, 6) is 0.252. The summed E-state index contributed by atoms with van der Waals surface area (Å²) in [5.41, 5.74) is 0.974. The molecule has 0 aliphatic carbocycles. The summed E-state index contributed by atoms with van der Waals surface area (Å²) in [6.07, 6.45) is 0. The van der Waals surface area contributed by atoms with Gasteiger partial charge in [-0.05, 0) is 17.7 Å². The Morgan fingerprint density at radius 1 is 1.15 bits per heavy atom. The fraction of sp³-hybridized carbons (Fsp3) is 0.526. The lowest BCUT2D eigenvalue weighted by molar-refractivity contribution is -0.144. The van der Waals surface area contributed by atoms with Crippen LogP contribution in [0.5, 0.6) is 5.75 Å². The van der Waals surface area contributed by atoms with Crippen LogP contribution < -0.4 is 10.1 Å². The van der Waals surface area contributed by atoms with E-state index in [0.717, 1.165) is 11.3 Å². The quantitative estimate of drug-likeness (QED) is 0.693. The van der Waals surface area contributed by atoms with E-state index in [2.05, 4.69) is 5.32 Å². The van der Waals surface area contributed by atoms with Gasteiger partial charge in [-0.25, -0.2) is 0 Å². The van der Waals surface area contributed by atoms with Crippen molar-refractivity contribution in [3.05, 3.63) is 29.8 Å². The molecule has 148 valence electrons. The summed E-state index contributed by atoms with van der Waals surface area (Å²) < 4.78 is 10.2. The molecule has 8 heteroatoms. The van der Waals surface area contributed by atoms with Crippen LogP contribution in [-0.2, 0) is 25.7 Å². The van der Waals surface area contributed by atoms with Crippen molar-refractivity contribution in [2.24, 2.45) is 0 Å². The summed E-state index contributed by atoms with van der Waals surface area (Å²) >= 11 is 0. The average Bonchev–Trinajstić information content (AvgIpc) is 2.65. The van der Waals surface area contributed by atoms with Gasteiger partial charge >= 0.3 is 5.97 Å². The largest absolute Gasteiger partial charge is 0.497 e. The maximum atomic E-state index is 12.3. The van der Waals surface area contributed by atoms with E-state index in [0.29, 0.717) is 26.2 Å². The van der Waals surface area contributed by atoms with E-state index >= 15 is 0 Å². The molecule has 1 aromatic rings. The molecule has 2 amide bonds. The molecule has 1 saturated heterocycles. The Labute approximate surface area is 159 Å². The molecule has 1 aliphatic rings. The number of esters is 1. The molecular formula is C19H27N3O5. The van der Waals surface area contributed by atoms with Crippen molar-refractivity contribution < 1.29 is 23.9 Å². The molecule has 1 aromatic carbocycles. The van der Waals surface area contributed by atoms with Crippen molar-refractivity contribution in [2.45, 2.75) is 26.4 Å². The number of hydrogen-bond donors (Lipinski definition) is 1. The van der Waals surface area contributed by atoms with E-state index in [4.69, 9.17) is 9.47 Å². The zero-order chi connectivity index (χ0) is 19.8. The Morgan fingerprint density at radius 3 is 2.44 bits per heavy atom. The number of hydrogen-bond acceptors (Lipinski definition) is 6. The first-order chi connectivity index (χ1) is 12.9. The summed E-state index contributed by atoms with van der Waals surface area (Å²) in [6, 6.07) is 7.29. The number of amides is 2. The Kier molecular flexibility index (Phi) is 7.60. The molecule has 1 fully saturated rings. The Hall–Kier alpha value is -2.61. The summed E-state index contributed by atoms with van der Waals surface area (Å²) in [6.45, 7) is 5.18. The van der Waals surface area contributed by atoms with Crippen LogP contribution in [0.1, 0.15) is 19.4 Å². The molecule has 27 heavy (non-hydrogen) atoms. The minimum absolute atomic E-state index is 0.0218. The number of methoxy groups -OCH3 is 1. The van der Waals surface area contributed by atoms with Crippen LogP contribution in [0.4, 0.5) is 0 Å². The second-order valence-electron chi connectivity index (χ2n) is 6.52. The second-order valence-corrected chi connectivity index (χ2v) is 6.52. The molecule has 1 unspecified atom stereocenters. The average molecular weight is 377 g/mol. The molecule has 1 N–H and O–H groups in total. The van der Waals surface area contributed by atoms with E-state index in [1.54, 1.807) is 12.0 Å². The third-order valence-corrected chi connectivity index (χ3v) is 4.52. The molecule has 8 nitrogen and oxygen atoms in total. The number of piperazine rings is 1. The lowest BCUT2D eigenvalue weighted by Gasteiger charge is -2.40. The fourth-order valence-electron chi connectivity index (χ4n) is 2.94. The summed E-state index contributed by atoms with van der Waals surface area (Å²) in [7, 11) is 1.61. The lowest BCUT2D eigenvalue weighted by Crippen LogP contribution is -2.58. The smallest absolute Gasteiger partial charge is 0.302 e. The summed E-state index contributed by atoms with van der Waals surface area (Å²) in [5, 5.41) is 2.89. The zero-order valence-corrected chi connectivity index (χ0v) is 16.1. The van der Waals surface area contributed by atoms with Gasteiger partial charge in [0.2, 0.25) is 11.8 Å².